The summed E-state index contributed by atoms with van der Waals surface area (Å²) in [5.41, 5.74) is 1.26. The molecule has 3 nitrogen and oxygen atoms in total. The lowest BCUT2D eigenvalue weighted by Gasteiger charge is -2.15. The highest BCUT2D eigenvalue weighted by molar-refractivity contribution is 7.99. The number of hydrogen-bond acceptors (Lipinski definition) is 3. The van der Waals surface area contributed by atoms with Crippen molar-refractivity contribution in [1.82, 2.24) is 15.1 Å². The van der Waals surface area contributed by atoms with Crippen LogP contribution in [0.15, 0.2) is 41.6 Å². The molecule has 1 aromatic heterocycles. The second kappa shape index (κ2) is 7.45. The minimum Gasteiger partial charge on any atom is -0.316 e. The molecule has 2 rings (SSSR count). The normalized spacial score (nSPS) is 12.6. The van der Waals surface area contributed by atoms with Crippen molar-refractivity contribution in [3.8, 4) is 0 Å². The topological polar surface area (TPSA) is 29.9 Å². The molecule has 5 heteroatoms. The minimum atomic E-state index is -0.184. The van der Waals surface area contributed by atoms with E-state index in [9.17, 15) is 4.39 Å². The molecule has 0 saturated heterocycles. The first-order valence-electron chi connectivity index (χ1n) is 6.70. The Morgan fingerprint density at radius 1 is 1.35 bits per heavy atom. The van der Waals surface area contributed by atoms with Crippen molar-refractivity contribution in [2.24, 2.45) is 7.05 Å². The van der Waals surface area contributed by atoms with E-state index in [2.05, 4.69) is 16.6 Å². The molecule has 0 aliphatic carbocycles. The predicted octanol–water partition coefficient (Wildman–Crippen LogP) is 2.87. The van der Waals surface area contributed by atoms with Crippen LogP contribution in [-0.2, 0) is 13.5 Å². The summed E-state index contributed by atoms with van der Waals surface area (Å²) in [5, 5.41) is 7.52. The molecule has 0 saturated carbocycles. The lowest BCUT2D eigenvalue weighted by atomic mass is 10.1. The Hall–Kier alpha value is -1.33. The Labute approximate surface area is 123 Å². The summed E-state index contributed by atoms with van der Waals surface area (Å²) < 4.78 is 14.7. The minimum absolute atomic E-state index is 0.184. The van der Waals surface area contributed by atoms with E-state index < -0.39 is 0 Å². The zero-order valence-electron chi connectivity index (χ0n) is 11.8. The molecule has 0 aliphatic rings. The number of nitrogens with one attached hydrogen (secondary N) is 1. The number of thioether (sulfide) groups is 1. The SMILES string of the molecule is CNC(CCc1cnn(C)c1)CSc1ccc(F)cc1. The third-order valence-corrected chi connectivity index (χ3v) is 4.39. The van der Waals surface area contributed by atoms with E-state index in [0.29, 0.717) is 6.04 Å². The fourth-order valence-corrected chi connectivity index (χ4v) is 3.04. The van der Waals surface area contributed by atoms with E-state index in [1.807, 2.05) is 37.1 Å². The van der Waals surface area contributed by atoms with Crippen molar-refractivity contribution in [1.29, 1.82) is 0 Å². The maximum Gasteiger partial charge on any atom is 0.123 e. The summed E-state index contributed by atoms with van der Waals surface area (Å²) in [6.45, 7) is 0. The largest absolute Gasteiger partial charge is 0.316 e. The van der Waals surface area contributed by atoms with Gasteiger partial charge in [0.25, 0.3) is 0 Å². The lowest BCUT2D eigenvalue weighted by Crippen LogP contribution is -2.28. The smallest absolute Gasteiger partial charge is 0.123 e. The zero-order valence-corrected chi connectivity index (χ0v) is 12.7. The van der Waals surface area contributed by atoms with Gasteiger partial charge >= 0.3 is 0 Å². The van der Waals surface area contributed by atoms with Gasteiger partial charge in [0, 0.05) is 29.9 Å². The average molecular weight is 293 g/mol. The first kappa shape index (κ1) is 15.1. The van der Waals surface area contributed by atoms with E-state index in [-0.39, 0.29) is 5.82 Å². The van der Waals surface area contributed by atoms with E-state index in [4.69, 9.17) is 0 Å². The van der Waals surface area contributed by atoms with Crippen molar-refractivity contribution in [3.63, 3.8) is 0 Å². The van der Waals surface area contributed by atoms with Crippen molar-refractivity contribution in [2.45, 2.75) is 23.8 Å². The molecular formula is C15H20FN3S. The van der Waals surface area contributed by atoms with Crippen LogP contribution in [0.3, 0.4) is 0 Å². The molecule has 1 N–H and O–H groups in total. The van der Waals surface area contributed by atoms with Gasteiger partial charge in [-0.1, -0.05) is 0 Å². The number of aryl methyl sites for hydroxylation is 2. The first-order valence-corrected chi connectivity index (χ1v) is 7.69. The molecule has 0 radical (unpaired) electrons. The highest BCUT2D eigenvalue weighted by atomic mass is 32.2. The van der Waals surface area contributed by atoms with Gasteiger partial charge in [0.2, 0.25) is 0 Å². The molecule has 0 amide bonds. The maximum absolute atomic E-state index is 12.8. The Bertz CT molecular complexity index is 524. The third-order valence-electron chi connectivity index (χ3n) is 3.21. The molecular weight excluding hydrogens is 273 g/mol. The van der Waals surface area contributed by atoms with Gasteiger partial charge < -0.3 is 5.32 Å². The van der Waals surface area contributed by atoms with Crippen molar-refractivity contribution in [3.05, 3.63) is 48.0 Å². The van der Waals surface area contributed by atoms with Gasteiger partial charge in [-0.2, -0.15) is 5.10 Å². The van der Waals surface area contributed by atoms with Gasteiger partial charge in [-0.05, 0) is 49.7 Å². The second-order valence-electron chi connectivity index (χ2n) is 4.81. The van der Waals surface area contributed by atoms with Crippen LogP contribution < -0.4 is 5.32 Å². The summed E-state index contributed by atoms with van der Waals surface area (Å²) in [7, 11) is 3.92. The van der Waals surface area contributed by atoms with Crippen LogP contribution in [0.4, 0.5) is 4.39 Å². The van der Waals surface area contributed by atoms with Gasteiger partial charge in [0.05, 0.1) is 6.20 Å². The number of halogens is 1. The lowest BCUT2D eigenvalue weighted by molar-refractivity contribution is 0.572. The first-order chi connectivity index (χ1) is 9.67. The molecule has 0 spiro atoms. The number of rotatable bonds is 7. The van der Waals surface area contributed by atoms with E-state index in [1.165, 1.54) is 17.7 Å². The Kier molecular flexibility index (Phi) is 5.61. The Morgan fingerprint density at radius 3 is 2.70 bits per heavy atom. The summed E-state index contributed by atoms with van der Waals surface area (Å²) in [4.78, 5) is 1.10. The van der Waals surface area contributed by atoms with Gasteiger partial charge in [-0.3, -0.25) is 4.68 Å². The Balaban J connectivity index is 1.78. The van der Waals surface area contributed by atoms with Gasteiger partial charge in [0.1, 0.15) is 5.82 Å². The van der Waals surface area contributed by atoms with E-state index in [1.54, 1.807) is 11.8 Å². The number of benzene rings is 1. The fraction of sp³-hybridized carbons (Fsp3) is 0.400. The van der Waals surface area contributed by atoms with Crippen LogP contribution in [-0.4, -0.2) is 28.6 Å². The molecule has 2 aromatic rings. The molecule has 0 aliphatic heterocycles. The van der Waals surface area contributed by atoms with E-state index >= 15 is 0 Å². The molecule has 0 bridgehead atoms. The van der Waals surface area contributed by atoms with Crippen molar-refractivity contribution in [2.75, 3.05) is 12.8 Å². The molecule has 1 heterocycles. The van der Waals surface area contributed by atoms with Gasteiger partial charge in [-0.25, -0.2) is 4.39 Å². The molecule has 1 atom stereocenters. The van der Waals surface area contributed by atoms with Gasteiger partial charge in [-0.15, -0.1) is 11.8 Å². The van der Waals surface area contributed by atoms with Crippen LogP contribution in [0.1, 0.15) is 12.0 Å². The molecule has 108 valence electrons. The second-order valence-corrected chi connectivity index (χ2v) is 5.90. The summed E-state index contributed by atoms with van der Waals surface area (Å²) in [6, 6.07) is 7.10. The van der Waals surface area contributed by atoms with Crippen LogP contribution >= 0.6 is 11.8 Å². The Morgan fingerprint density at radius 2 is 2.10 bits per heavy atom. The van der Waals surface area contributed by atoms with E-state index in [0.717, 1.165) is 23.5 Å². The fourth-order valence-electron chi connectivity index (χ4n) is 1.98. The summed E-state index contributed by atoms with van der Waals surface area (Å²) >= 11 is 1.75. The third kappa shape index (κ3) is 4.65. The number of nitrogens with zero attached hydrogens (tertiary/aromatic N) is 2. The van der Waals surface area contributed by atoms with Crippen molar-refractivity contribution < 1.29 is 4.39 Å². The van der Waals surface area contributed by atoms with Crippen LogP contribution in [0.5, 0.6) is 0 Å². The number of hydrogen-bond donors (Lipinski definition) is 1. The van der Waals surface area contributed by atoms with Crippen LogP contribution in [0, 0.1) is 5.82 Å². The van der Waals surface area contributed by atoms with Crippen LogP contribution in [0.2, 0.25) is 0 Å². The molecule has 0 fully saturated rings. The monoisotopic (exact) mass is 293 g/mol. The molecule has 1 aromatic carbocycles. The predicted molar refractivity (Wildman–Crippen MR) is 81.5 cm³/mol. The van der Waals surface area contributed by atoms with Crippen LogP contribution in [0.25, 0.3) is 0 Å². The van der Waals surface area contributed by atoms with Gasteiger partial charge in [0.15, 0.2) is 0 Å². The number of aromatic nitrogens is 2. The maximum atomic E-state index is 12.8. The quantitative estimate of drug-likeness (QED) is 0.796. The standard InChI is InChI=1S/C15H20FN3S/c1-17-14(6-3-12-9-18-19(2)10-12)11-20-15-7-4-13(16)5-8-15/h4-5,7-10,14,17H,3,6,11H2,1-2H3. The summed E-state index contributed by atoms with van der Waals surface area (Å²) in [5.74, 6) is 0.790. The average Bonchev–Trinajstić information content (AvgIpc) is 2.87. The highest BCUT2D eigenvalue weighted by Gasteiger charge is 2.08. The highest BCUT2D eigenvalue weighted by Crippen LogP contribution is 2.20. The zero-order chi connectivity index (χ0) is 14.4. The molecule has 1 unspecified atom stereocenters. The summed E-state index contributed by atoms with van der Waals surface area (Å²) in [6.07, 6.45) is 6.05. The molecule has 20 heavy (non-hydrogen) atoms. The van der Waals surface area contributed by atoms with Crippen molar-refractivity contribution >= 4 is 11.8 Å².